The molecule has 0 bridgehead atoms. The van der Waals surface area contributed by atoms with Crippen molar-refractivity contribution >= 4 is 0 Å². The van der Waals surface area contributed by atoms with Crippen LogP contribution in [0.4, 0.5) is 0 Å². The summed E-state index contributed by atoms with van der Waals surface area (Å²) in [5, 5.41) is 0. The number of hydrogen-bond donors (Lipinski definition) is 0. The van der Waals surface area contributed by atoms with Crippen LogP contribution in [0.5, 0.6) is 0 Å². The fourth-order valence-electron chi connectivity index (χ4n) is 5.81. The van der Waals surface area contributed by atoms with E-state index < -0.39 is 0 Å². The molecule has 0 aromatic heterocycles. The van der Waals surface area contributed by atoms with E-state index in [1.807, 2.05) is 0 Å². The van der Waals surface area contributed by atoms with Gasteiger partial charge in [-0.25, -0.2) is 0 Å². The van der Waals surface area contributed by atoms with E-state index in [9.17, 15) is 0 Å². The van der Waals surface area contributed by atoms with E-state index in [0.717, 1.165) is 35.5 Å². The maximum atomic E-state index is 2.61. The standard InChI is InChI=1S/C20H40/c1-11-15(6)20(10)17(8)18(12-13(2)3)16(7)19(20,9)14(4)5/h13-18H,11-12H2,1-10H3. The normalized spacial score (nSPS) is 43.5. The van der Waals surface area contributed by atoms with Gasteiger partial charge in [-0.05, 0) is 52.8 Å². The van der Waals surface area contributed by atoms with Crippen molar-refractivity contribution in [3.8, 4) is 0 Å². The molecule has 0 N–H and O–H groups in total. The molecule has 0 heteroatoms. The summed E-state index contributed by atoms with van der Waals surface area (Å²) in [6.07, 6.45) is 2.71. The van der Waals surface area contributed by atoms with E-state index >= 15 is 0 Å². The largest absolute Gasteiger partial charge is 0.0651 e. The van der Waals surface area contributed by atoms with Crippen LogP contribution in [0.25, 0.3) is 0 Å². The van der Waals surface area contributed by atoms with Crippen molar-refractivity contribution in [3.05, 3.63) is 0 Å². The smallest absolute Gasteiger partial charge is 0.0213 e. The molecule has 0 aliphatic heterocycles. The van der Waals surface area contributed by atoms with Crippen molar-refractivity contribution in [1.29, 1.82) is 0 Å². The van der Waals surface area contributed by atoms with Gasteiger partial charge in [0.05, 0.1) is 0 Å². The molecule has 0 aromatic carbocycles. The van der Waals surface area contributed by atoms with Crippen LogP contribution in [-0.4, -0.2) is 0 Å². The van der Waals surface area contributed by atoms with Gasteiger partial charge in [-0.15, -0.1) is 0 Å². The molecular weight excluding hydrogens is 240 g/mol. The molecule has 6 atom stereocenters. The SMILES string of the molecule is CCC(C)C1(C)C(C)C(CC(C)C)C(C)C1(C)C(C)C. The lowest BCUT2D eigenvalue weighted by molar-refractivity contribution is -0.0423. The lowest BCUT2D eigenvalue weighted by Crippen LogP contribution is -2.46. The van der Waals surface area contributed by atoms with E-state index in [1.54, 1.807) is 0 Å². The van der Waals surface area contributed by atoms with Gasteiger partial charge in [-0.2, -0.15) is 0 Å². The zero-order valence-corrected chi connectivity index (χ0v) is 15.9. The van der Waals surface area contributed by atoms with Crippen LogP contribution >= 0.6 is 0 Å². The average molecular weight is 281 g/mol. The summed E-state index contributed by atoms with van der Waals surface area (Å²) < 4.78 is 0. The predicted molar refractivity (Wildman–Crippen MR) is 91.8 cm³/mol. The van der Waals surface area contributed by atoms with Gasteiger partial charge in [0.2, 0.25) is 0 Å². The molecule has 0 amide bonds. The first-order valence-electron chi connectivity index (χ1n) is 9.04. The van der Waals surface area contributed by atoms with Gasteiger partial charge in [0.1, 0.15) is 0 Å². The fourth-order valence-corrected chi connectivity index (χ4v) is 5.81. The van der Waals surface area contributed by atoms with Gasteiger partial charge < -0.3 is 0 Å². The second kappa shape index (κ2) is 6.01. The van der Waals surface area contributed by atoms with Crippen LogP contribution in [0.2, 0.25) is 0 Å². The van der Waals surface area contributed by atoms with E-state index in [4.69, 9.17) is 0 Å². The summed E-state index contributed by atoms with van der Waals surface area (Å²) in [6, 6.07) is 0. The number of rotatable bonds is 5. The Morgan fingerprint density at radius 3 is 1.65 bits per heavy atom. The molecule has 1 rings (SSSR count). The van der Waals surface area contributed by atoms with Crippen molar-refractivity contribution in [2.75, 3.05) is 0 Å². The lowest BCUT2D eigenvalue weighted by atomic mass is 9.52. The van der Waals surface area contributed by atoms with E-state index in [-0.39, 0.29) is 0 Å². The first-order valence-corrected chi connectivity index (χ1v) is 9.04. The molecule has 0 aromatic rings. The van der Waals surface area contributed by atoms with Crippen LogP contribution in [0.1, 0.15) is 82.1 Å². The van der Waals surface area contributed by atoms with Gasteiger partial charge >= 0.3 is 0 Å². The Morgan fingerprint density at radius 1 is 0.850 bits per heavy atom. The van der Waals surface area contributed by atoms with Crippen LogP contribution in [0.15, 0.2) is 0 Å². The molecule has 6 unspecified atom stereocenters. The first kappa shape index (κ1) is 18.1. The number of hydrogen-bond acceptors (Lipinski definition) is 0. The molecule has 0 saturated heterocycles. The molecule has 120 valence electrons. The Bertz CT molecular complexity index is 316. The van der Waals surface area contributed by atoms with Gasteiger partial charge in [0.15, 0.2) is 0 Å². The quantitative estimate of drug-likeness (QED) is 0.529. The van der Waals surface area contributed by atoms with Gasteiger partial charge in [-0.3, -0.25) is 0 Å². The molecule has 0 radical (unpaired) electrons. The molecule has 0 spiro atoms. The minimum atomic E-state index is 0.460. The van der Waals surface area contributed by atoms with Crippen molar-refractivity contribution in [1.82, 2.24) is 0 Å². The summed E-state index contributed by atoms with van der Waals surface area (Å²) in [6.45, 7) is 24.9. The van der Waals surface area contributed by atoms with E-state index in [0.29, 0.717) is 10.8 Å². The molecule has 1 aliphatic rings. The molecule has 1 aliphatic carbocycles. The Hall–Kier alpha value is 0. The highest BCUT2D eigenvalue weighted by molar-refractivity contribution is 5.10. The highest BCUT2D eigenvalue weighted by Crippen LogP contribution is 2.68. The molecule has 0 heterocycles. The third kappa shape index (κ3) is 2.35. The third-order valence-corrected chi connectivity index (χ3v) is 7.92. The van der Waals surface area contributed by atoms with Crippen LogP contribution in [0, 0.1) is 46.3 Å². The molecule has 1 saturated carbocycles. The fraction of sp³-hybridized carbons (Fsp3) is 1.00. The highest BCUT2D eigenvalue weighted by Gasteiger charge is 2.63. The molecular formula is C20H40. The van der Waals surface area contributed by atoms with Crippen molar-refractivity contribution in [2.45, 2.75) is 82.1 Å². The predicted octanol–water partition coefficient (Wildman–Crippen LogP) is 6.65. The Kier molecular flexibility index (Phi) is 5.43. The van der Waals surface area contributed by atoms with Crippen LogP contribution in [-0.2, 0) is 0 Å². The van der Waals surface area contributed by atoms with E-state index in [1.165, 1.54) is 12.8 Å². The summed E-state index contributed by atoms with van der Waals surface area (Å²) >= 11 is 0. The topological polar surface area (TPSA) is 0 Å². The van der Waals surface area contributed by atoms with Crippen LogP contribution in [0.3, 0.4) is 0 Å². The van der Waals surface area contributed by atoms with Crippen LogP contribution < -0.4 is 0 Å². The molecule has 0 nitrogen and oxygen atoms in total. The Morgan fingerprint density at radius 2 is 1.30 bits per heavy atom. The van der Waals surface area contributed by atoms with Gasteiger partial charge in [-0.1, -0.05) is 75.7 Å². The monoisotopic (exact) mass is 280 g/mol. The summed E-state index contributed by atoms with van der Waals surface area (Å²) in [7, 11) is 0. The minimum Gasteiger partial charge on any atom is -0.0651 e. The summed E-state index contributed by atoms with van der Waals surface area (Å²) in [5.74, 6) is 4.95. The summed E-state index contributed by atoms with van der Waals surface area (Å²) in [4.78, 5) is 0. The lowest BCUT2D eigenvalue weighted by Gasteiger charge is -2.52. The molecule has 1 fully saturated rings. The third-order valence-electron chi connectivity index (χ3n) is 7.92. The maximum absolute atomic E-state index is 2.61. The van der Waals surface area contributed by atoms with Crippen molar-refractivity contribution in [2.24, 2.45) is 46.3 Å². The first-order chi connectivity index (χ1) is 9.04. The Labute approximate surface area is 129 Å². The molecule has 20 heavy (non-hydrogen) atoms. The maximum Gasteiger partial charge on any atom is -0.0213 e. The van der Waals surface area contributed by atoms with E-state index in [2.05, 4.69) is 69.2 Å². The highest BCUT2D eigenvalue weighted by atomic mass is 14.7. The Balaban J connectivity index is 3.32. The van der Waals surface area contributed by atoms with Gasteiger partial charge in [0, 0.05) is 0 Å². The average Bonchev–Trinajstić information content (AvgIpc) is 2.52. The van der Waals surface area contributed by atoms with Gasteiger partial charge in [0.25, 0.3) is 0 Å². The summed E-state index contributed by atoms with van der Waals surface area (Å²) in [5.41, 5.74) is 0.927. The second-order valence-electron chi connectivity index (χ2n) is 8.90. The van der Waals surface area contributed by atoms with Crippen molar-refractivity contribution in [3.63, 3.8) is 0 Å². The zero-order chi connectivity index (χ0) is 15.9. The second-order valence-corrected chi connectivity index (χ2v) is 8.90. The van der Waals surface area contributed by atoms with Crippen molar-refractivity contribution < 1.29 is 0 Å². The minimum absolute atomic E-state index is 0.460. The zero-order valence-electron chi connectivity index (χ0n) is 15.9.